The van der Waals surface area contributed by atoms with Gasteiger partial charge in [-0.3, -0.25) is 0 Å². The van der Waals surface area contributed by atoms with Gasteiger partial charge in [-0.15, -0.1) is 0 Å². The zero-order valence-electron chi connectivity index (χ0n) is 14.7. The summed E-state index contributed by atoms with van der Waals surface area (Å²) in [6.45, 7) is 9.80. The molecule has 0 aliphatic rings. The minimum atomic E-state index is -3.02. The lowest BCUT2D eigenvalue weighted by atomic mass is 10.1. The van der Waals surface area contributed by atoms with Gasteiger partial charge in [0, 0.05) is 24.9 Å². The van der Waals surface area contributed by atoms with Crippen molar-refractivity contribution in [2.45, 2.75) is 71.6 Å². The Balaban J connectivity index is 4.42. The number of alkyl carbamates (subject to hydrolysis) is 1. The lowest BCUT2D eigenvalue weighted by Gasteiger charge is -2.25. The lowest BCUT2D eigenvalue weighted by Crippen LogP contribution is -2.47. The van der Waals surface area contributed by atoms with E-state index in [0.29, 0.717) is 6.54 Å². The molecule has 0 heterocycles. The summed E-state index contributed by atoms with van der Waals surface area (Å²) < 4.78 is 27.9. The molecule has 6 nitrogen and oxygen atoms in total. The predicted octanol–water partition coefficient (Wildman–Crippen LogP) is 2.09. The molecule has 0 fully saturated rings. The summed E-state index contributed by atoms with van der Waals surface area (Å²) in [7, 11) is -3.02. The first-order chi connectivity index (χ1) is 9.93. The van der Waals surface area contributed by atoms with Crippen LogP contribution in [0, 0.1) is 0 Å². The van der Waals surface area contributed by atoms with Crippen LogP contribution in [0.1, 0.15) is 53.9 Å². The highest BCUT2D eigenvalue weighted by atomic mass is 32.2. The van der Waals surface area contributed by atoms with Crippen molar-refractivity contribution in [3.63, 3.8) is 0 Å². The number of rotatable bonds is 9. The smallest absolute Gasteiger partial charge is 0.407 e. The molecule has 0 aliphatic heterocycles. The molecule has 0 saturated heterocycles. The monoisotopic (exact) mass is 336 g/mol. The molecule has 22 heavy (non-hydrogen) atoms. The molecule has 0 bridgehead atoms. The molecule has 0 spiro atoms. The van der Waals surface area contributed by atoms with Crippen LogP contribution in [0.25, 0.3) is 0 Å². The van der Waals surface area contributed by atoms with Gasteiger partial charge in [-0.25, -0.2) is 13.2 Å². The average molecular weight is 336 g/mol. The number of unbranched alkanes of at least 4 members (excludes halogenated alkanes) is 1. The minimum Gasteiger partial charge on any atom is -0.444 e. The Labute approximate surface area is 135 Å². The first-order valence-electron chi connectivity index (χ1n) is 7.83. The zero-order valence-corrected chi connectivity index (χ0v) is 15.5. The molecule has 0 aromatic heterocycles. The van der Waals surface area contributed by atoms with Crippen LogP contribution >= 0.6 is 0 Å². The second kappa shape index (κ2) is 9.35. The fourth-order valence-corrected chi connectivity index (χ4v) is 3.12. The number of hydrogen-bond acceptors (Lipinski definition) is 5. The first-order valence-corrected chi connectivity index (χ1v) is 9.89. The van der Waals surface area contributed by atoms with E-state index in [1.165, 1.54) is 6.26 Å². The van der Waals surface area contributed by atoms with Crippen molar-refractivity contribution >= 4 is 15.9 Å². The Bertz CT molecular complexity index is 429. The molecule has 2 unspecified atom stereocenters. The van der Waals surface area contributed by atoms with E-state index in [1.807, 2.05) is 27.7 Å². The van der Waals surface area contributed by atoms with Crippen LogP contribution in [0.2, 0.25) is 0 Å². The number of nitrogens with one attached hydrogen (secondary N) is 2. The highest BCUT2D eigenvalue weighted by Crippen LogP contribution is 2.07. The van der Waals surface area contributed by atoms with Gasteiger partial charge in [-0.05, 0) is 34.1 Å². The Morgan fingerprint density at radius 3 is 2.32 bits per heavy atom. The molecule has 0 saturated carbocycles. The fraction of sp³-hybridized carbons (Fsp3) is 0.933. The molecule has 0 aromatic carbocycles. The van der Waals surface area contributed by atoms with E-state index in [9.17, 15) is 13.2 Å². The number of carbonyl (C=O) groups excluding carboxylic acids is 1. The van der Waals surface area contributed by atoms with Crippen LogP contribution in [-0.2, 0) is 14.6 Å². The number of carbonyl (C=O) groups is 1. The van der Waals surface area contributed by atoms with Crippen molar-refractivity contribution in [2.75, 3.05) is 18.6 Å². The van der Waals surface area contributed by atoms with E-state index in [4.69, 9.17) is 4.74 Å². The van der Waals surface area contributed by atoms with E-state index >= 15 is 0 Å². The van der Waals surface area contributed by atoms with Gasteiger partial charge >= 0.3 is 6.09 Å². The van der Waals surface area contributed by atoms with E-state index in [-0.39, 0.29) is 17.8 Å². The maximum Gasteiger partial charge on any atom is 0.407 e. The Morgan fingerprint density at radius 1 is 1.27 bits per heavy atom. The molecule has 0 radical (unpaired) electrons. The third-order valence-corrected chi connectivity index (χ3v) is 3.98. The molecule has 0 aromatic rings. The topological polar surface area (TPSA) is 84.5 Å². The Hall–Kier alpha value is -0.820. The Morgan fingerprint density at radius 2 is 1.86 bits per heavy atom. The number of sulfone groups is 1. The second-order valence-electron chi connectivity index (χ2n) is 6.88. The maximum atomic E-state index is 11.7. The number of amides is 1. The summed E-state index contributed by atoms with van der Waals surface area (Å²) >= 11 is 0. The van der Waals surface area contributed by atoms with Crippen LogP contribution < -0.4 is 10.6 Å². The van der Waals surface area contributed by atoms with Gasteiger partial charge in [0.05, 0.1) is 5.75 Å². The van der Waals surface area contributed by atoms with Crippen molar-refractivity contribution in [2.24, 2.45) is 0 Å². The van der Waals surface area contributed by atoms with Crippen molar-refractivity contribution < 1.29 is 17.9 Å². The van der Waals surface area contributed by atoms with E-state index in [1.54, 1.807) is 0 Å². The number of ether oxygens (including phenoxy) is 1. The predicted molar refractivity (Wildman–Crippen MR) is 89.9 cm³/mol. The van der Waals surface area contributed by atoms with Gasteiger partial charge in [0.2, 0.25) is 0 Å². The molecule has 2 N–H and O–H groups in total. The van der Waals surface area contributed by atoms with Crippen molar-refractivity contribution in [1.29, 1.82) is 0 Å². The van der Waals surface area contributed by atoms with E-state index in [0.717, 1.165) is 19.3 Å². The van der Waals surface area contributed by atoms with Crippen LogP contribution in [0.15, 0.2) is 0 Å². The molecular weight excluding hydrogens is 304 g/mol. The SMILES string of the molecule is CCCCC(CNC(=O)OC(C)(C)C)NC(C)CS(C)(=O)=O. The molecule has 1 amide bonds. The summed E-state index contributed by atoms with van der Waals surface area (Å²) in [4.78, 5) is 11.7. The summed E-state index contributed by atoms with van der Waals surface area (Å²) in [5.74, 6) is 0.0854. The molecule has 132 valence electrons. The third-order valence-electron chi connectivity index (χ3n) is 2.87. The average Bonchev–Trinajstić information content (AvgIpc) is 2.28. The molecule has 0 rings (SSSR count). The Kier molecular flexibility index (Phi) is 9.00. The summed E-state index contributed by atoms with van der Waals surface area (Å²) in [6, 6.07) is -0.124. The quantitative estimate of drug-likeness (QED) is 0.673. The summed E-state index contributed by atoms with van der Waals surface area (Å²) in [5, 5.41) is 6.02. The van der Waals surface area contributed by atoms with Gasteiger partial charge in [0.15, 0.2) is 0 Å². The van der Waals surface area contributed by atoms with Gasteiger partial charge in [0.1, 0.15) is 15.4 Å². The molecule has 0 aliphatic carbocycles. The zero-order chi connectivity index (χ0) is 17.4. The third kappa shape index (κ3) is 12.9. The van der Waals surface area contributed by atoms with Crippen molar-refractivity contribution in [3.8, 4) is 0 Å². The summed E-state index contributed by atoms with van der Waals surface area (Å²) in [6.07, 6.45) is 3.71. The van der Waals surface area contributed by atoms with Gasteiger partial charge in [0.25, 0.3) is 0 Å². The molecular formula is C15H32N2O4S. The summed E-state index contributed by atoms with van der Waals surface area (Å²) in [5.41, 5.74) is -0.528. The molecule has 2 atom stereocenters. The first kappa shape index (κ1) is 21.2. The van der Waals surface area contributed by atoms with Crippen LogP contribution in [0.4, 0.5) is 4.79 Å². The standard InChI is InChI=1S/C15H32N2O4S/c1-7-8-9-13(17-12(2)11-22(6,19)20)10-16-14(18)21-15(3,4)5/h12-13,17H,7-11H2,1-6H3,(H,16,18). The van der Waals surface area contributed by atoms with E-state index < -0.39 is 21.5 Å². The van der Waals surface area contributed by atoms with E-state index in [2.05, 4.69) is 17.6 Å². The van der Waals surface area contributed by atoms with Crippen molar-refractivity contribution in [3.05, 3.63) is 0 Å². The number of hydrogen-bond donors (Lipinski definition) is 2. The highest BCUT2D eigenvalue weighted by Gasteiger charge is 2.19. The van der Waals surface area contributed by atoms with Crippen LogP contribution in [0.5, 0.6) is 0 Å². The second-order valence-corrected chi connectivity index (χ2v) is 9.07. The van der Waals surface area contributed by atoms with Gasteiger partial charge < -0.3 is 15.4 Å². The lowest BCUT2D eigenvalue weighted by molar-refractivity contribution is 0.0521. The van der Waals surface area contributed by atoms with Crippen LogP contribution in [-0.4, -0.2) is 50.7 Å². The normalized spacial score (nSPS) is 15.2. The van der Waals surface area contributed by atoms with Crippen LogP contribution in [0.3, 0.4) is 0 Å². The maximum absolute atomic E-state index is 11.7. The molecule has 7 heteroatoms. The largest absolute Gasteiger partial charge is 0.444 e. The van der Waals surface area contributed by atoms with Crippen molar-refractivity contribution in [1.82, 2.24) is 10.6 Å². The van der Waals surface area contributed by atoms with Gasteiger partial charge in [-0.1, -0.05) is 19.8 Å². The van der Waals surface area contributed by atoms with Gasteiger partial charge in [-0.2, -0.15) is 0 Å². The fourth-order valence-electron chi connectivity index (χ4n) is 2.12. The highest BCUT2D eigenvalue weighted by molar-refractivity contribution is 7.90. The minimum absolute atomic E-state index is 0.0317.